The lowest BCUT2D eigenvalue weighted by Crippen LogP contribution is -2.41. The van der Waals surface area contributed by atoms with Crippen LogP contribution in [0.4, 0.5) is 0 Å². The van der Waals surface area contributed by atoms with Crippen LogP contribution in [0.3, 0.4) is 0 Å². The van der Waals surface area contributed by atoms with Crippen LogP contribution < -0.4 is 5.32 Å². The molecule has 4 nitrogen and oxygen atoms in total. The molecular formula is C18H18ClN3OS. The van der Waals surface area contributed by atoms with E-state index in [2.05, 4.69) is 10.4 Å². The van der Waals surface area contributed by atoms with Gasteiger partial charge in [-0.05, 0) is 62.5 Å². The summed E-state index contributed by atoms with van der Waals surface area (Å²) in [6.45, 7) is 5.86. The summed E-state index contributed by atoms with van der Waals surface area (Å²) in [6, 6.07) is 13.1. The third-order valence-electron chi connectivity index (χ3n) is 3.28. The molecule has 0 saturated heterocycles. The molecule has 0 bridgehead atoms. The Morgan fingerprint density at radius 1 is 1.21 bits per heavy atom. The van der Waals surface area contributed by atoms with Gasteiger partial charge in [0.2, 0.25) is 0 Å². The monoisotopic (exact) mass is 359 g/mol. The number of hydrogen-bond acceptors (Lipinski definition) is 3. The second kappa shape index (κ2) is 6.42. The lowest BCUT2D eigenvalue weighted by Gasteiger charge is -2.20. The molecule has 6 heteroatoms. The van der Waals surface area contributed by atoms with Gasteiger partial charge in [0, 0.05) is 10.6 Å². The van der Waals surface area contributed by atoms with Crippen molar-refractivity contribution in [3.05, 3.63) is 58.6 Å². The molecule has 0 saturated carbocycles. The van der Waals surface area contributed by atoms with Crippen LogP contribution in [0.2, 0.25) is 5.02 Å². The molecule has 124 valence electrons. The maximum Gasteiger partial charge on any atom is 0.270 e. The number of benzene rings is 1. The third-order valence-corrected chi connectivity index (χ3v) is 4.42. The number of rotatable bonds is 3. The summed E-state index contributed by atoms with van der Waals surface area (Å²) in [5.74, 6) is -0.159. The molecule has 1 aromatic carbocycles. The molecule has 0 aliphatic heterocycles. The van der Waals surface area contributed by atoms with E-state index < -0.39 is 0 Å². The number of thiophene rings is 1. The molecule has 0 fully saturated rings. The van der Waals surface area contributed by atoms with Gasteiger partial charge in [0.15, 0.2) is 0 Å². The highest BCUT2D eigenvalue weighted by atomic mass is 35.5. The molecule has 0 atom stereocenters. The van der Waals surface area contributed by atoms with Crippen LogP contribution in [0, 0.1) is 0 Å². The van der Waals surface area contributed by atoms with Gasteiger partial charge in [0.25, 0.3) is 5.91 Å². The summed E-state index contributed by atoms with van der Waals surface area (Å²) >= 11 is 7.56. The quantitative estimate of drug-likeness (QED) is 0.731. The van der Waals surface area contributed by atoms with E-state index in [-0.39, 0.29) is 11.4 Å². The second-order valence-electron chi connectivity index (χ2n) is 6.48. The van der Waals surface area contributed by atoms with Crippen molar-refractivity contribution < 1.29 is 4.79 Å². The van der Waals surface area contributed by atoms with Gasteiger partial charge in [-0.1, -0.05) is 17.7 Å². The maximum atomic E-state index is 12.7. The average molecular weight is 360 g/mol. The van der Waals surface area contributed by atoms with Crippen LogP contribution in [0.5, 0.6) is 0 Å². The summed E-state index contributed by atoms with van der Waals surface area (Å²) in [7, 11) is 0. The van der Waals surface area contributed by atoms with Crippen molar-refractivity contribution in [2.24, 2.45) is 0 Å². The van der Waals surface area contributed by atoms with E-state index in [1.165, 1.54) is 0 Å². The predicted molar refractivity (Wildman–Crippen MR) is 99.1 cm³/mol. The van der Waals surface area contributed by atoms with Gasteiger partial charge in [-0.3, -0.25) is 4.79 Å². The van der Waals surface area contributed by atoms with Crippen molar-refractivity contribution >= 4 is 28.8 Å². The van der Waals surface area contributed by atoms with Crippen LogP contribution >= 0.6 is 22.9 Å². The van der Waals surface area contributed by atoms with E-state index in [1.54, 1.807) is 28.2 Å². The molecule has 2 aromatic heterocycles. The van der Waals surface area contributed by atoms with Gasteiger partial charge in [-0.15, -0.1) is 11.3 Å². The number of nitrogens with zero attached hydrogens (tertiary/aromatic N) is 2. The lowest BCUT2D eigenvalue weighted by molar-refractivity contribution is 0.0911. The second-order valence-corrected chi connectivity index (χ2v) is 7.87. The Hall–Kier alpha value is -2.11. The number of carbonyl (C=O) groups excluding carboxylic acids is 1. The van der Waals surface area contributed by atoms with Crippen LogP contribution in [-0.2, 0) is 0 Å². The zero-order chi connectivity index (χ0) is 17.3. The molecular weight excluding hydrogens is 342 g/mol. The Morgan fingerprint density at radius 2 is 1.92 bits per heavy atom. The fraction of sp³-hybridized carbons (Fsp3) is 0.222. The first-order valence-corrected chi connectivity index (χ1v) is 8.82. The smallest absolute Gasteiger partial charge is 0.270 e. The first-order valence-electron chi connectivity index (χ1n) is 7.56. The molecule has 2 heterocycles. The first-order chi connectivity index (χ1) is 11.3. The summed E-state index contributed by atoms with van der Waals surface area (Å²) in [4.78, 5) is 13.7. The van der Waals surface area contributed by atoms with Gasteiger partial charge >= 0.3 is 0 Å². The van der Waals surface area contributed by atoms with Crippen molar-refractivity contribution in [2.45, 2.75) is 26.3 Å². The molecule has 3 aromatic rings. The number of amides is 1. The van der Waals surface area contributed by atoms with Gasteiger partial charge in [-0.25, -0.2) is 4.68 Å². The van der Waals surface area contributed by atoms with E-state index in [9.17, 15) is 4.79 Å². The van der Waals surface area contributed by atoms with Crippen molar-refractivity contribution in [1.82, 2.24) is 15.1 Å². The molecule has 3 rings (SSSR count). The molecule has 0 spiro atoms. The number of hydrogen-bond donors (Lipinski definition) is 1. The lowest BCUT2D eigenvalue weighted by atomic mass is 10.1. The standard InChI is InChI=1S/C18H18ClN3OS/c1-18(2,3)20-17(23)15-11-14(16-5-4-10-24-16)21-22(15)13-8-6-12(19)7-9-13/h4-11H,1-3H3,(H,20,23). The highest BCUT2D eigenvalue weighted by Gasteiger charge is 2.21. The number of aromatic nitrogens is 2. The average Bonchev–Trinajstić information content (AvgIpc) is 3.15. The fourth-order valence-electron chi connectivity index (χ4n) is 2.27. The van der Waals surface area contributed by atoms with E-state index in [0.717, 1.165) is 16.3 Å². The third kappa shape index (κ3) is 3.68. The van der Waals surface area contributed by atoms with Gasteiger partial charge in [-0.2, -0.15) is 5.10 Å². The summed E-state index contributed by atoms with van der Waals surface area (Å²) in [6.07, 6.45) is 0. The molecule has 1 N–H and O–H groups in total. The zero-order valence-electron chi connectivity index (χ0n) is 13.7. The van der Waals surface area contributed by atoms with Crippen LogP contribution in [0.25, 0.3) is 16.3 Å². The van der Waals surface area contributed by atoms with Gasteiger partial charge in [0.05, 0.1) is 10.6 Å². The minimum atomic E-state index is -0.324. The SMILES string of the molecule is CC(C)(C)NC(=O)c1cc(-c2cccs2)nn1-c1ccc(Cl)cc1. The highest BCUT2D eigenvalue weighted by molar-refractivity contribution is 7.13. The Bertz CT molecular complexity index is 846. The Labute approximate surface area is 150 Å². The summed E-state index contributed by atoms with van der Waals surface area (Å²) in [5.41, 5.74) is 1.74. The van der Waals surface area contributed by atoms with E-state index >= 15 is 0 Å². The highest BCUT2D eigenvalue weighted by Crippen LogP contribution is 2.26. The van der Waals surface area contributed by atoms with Crippen molar-refractivity contribution in [3.63, 3.8) is 0 Å². The maximum absolute atomic E-state index is 12.7. The van der Waals surface area contributed by atoms with Crippen LogP contribution in [0.15, 0.2) is 47.8 Å². The van der Waals surface area contributed by atoms with Gasteiger partial charge in [0.1, 0.15) is 11.4 Å². The fourth-order valence-corrected chi connectivity index (χ4v) is 3.08. The molecule has 0 radical (unpaired) electrons. The Kier molecular flexibility index (Phi) is 4.47. The largest absolute Gasteiger partial charge is 0.346 e. The summed E-state index contributed by atoms with van der Waals surface area (Å²) < 4.78 is 1.66. The van der Waals surface area contributed by atoms with Crippen molar-refractivity contribution in [3.8, 4) is 16.3 Å². The molecule has 24 heavy (non-hydrogen) atoms. The van der Waals surface area contributed by atoms with E-state index in [1.807, 2.05) is 56.5 Å². The topological polar surface area (TPSA) is 46.9 Å². The normalized spacial score (nSPS) is 11.5. The van der Waals surface area contributed by atoms with Crippen molar-refractivity contribution in [1.29, 1.82) is 0 Å². The molecule has 0 aliphatic rings. The minimum absolute atomic E-state index is 0.159. The minimum Gasteiger partial charge on any atom is -0.346 e. The zero-order valence-corrected chi connectivity index (χ0v) is 15.3. The Balaban J connectivity index is 2.08. The van der Waals surface area contributed by atoms with Crippen molar-refractivity contribution in [2.75, 3.05) is 0 Å². The Morgan fingerprint density at radius 3 is 2.50 bits per heavy atom. The number of nitrogens with one attached hydrogen (secondary N) is 1. The predicted octanol–water partition coefficient (Wildman–Crippen LogP) is 4.78. The first kappa shape index (κ1) is 16.7. The number of halogens is 1. The van der Waals surface area contributed by atoms with Gasteiger partial charge < -0.3 is 5.32 Å². The molecule has 0 unspecified atom stereocenters. The van der Waals surface area contributed by atoms with E-state index in [4.69, 9.17) is 11.6 Å². The summed E-state index contributed by atoms with van der Waals surface area (Å²) in [5, 5.41) is 10.3. The molecule has 0 aliphatic carbocycles. The molecule has 1 amide bonds. The van der Waals surface area contributed by atoms with E-state index in [0.29, 0.717) is 10.7 Å². The van der Waals surface area contributed by atoms with Crippen LogP contribution in [0.1, 0.15) is 31.3 Å². The van der Waals surface area contributed by atoms with Crippen LogP contribution in [-0.4, -0.2) is 21.2 Å². The number of carbonyl (C=O) groups is 1.